The number of furan rings is 1. The molecule has 11 rings (SSSR count). The van der Waals surface area contributed by atoms with Gasteiger partial charge < -0.3 is 14.3 Å². The Morgan fingerprint density at radius 1 is 0.424 bits per heavy atom. The third-order valence-corrected chi connectivity index (χ3v) is 11.0. The van der Waals surface area contributed by atoms with Crippen LogP contribution in [-0.4, -0.2) is 27.9 Å². The SMILES string of the molecule is [B]C1(O)Oc2cccc(-c3ccc(-c4nc(-c5ccc(-c6ccccc6)cc5)nc(-c5cccc(-c6cccc7c6oc6ccccc67)c5)n4)cc3)c2-c2ccccc21. The van der Waals surface area contributed by atoms with Gasteiger partial charge in [0.1, 0.15) is 16.9 Å². The quantitative estimate of drug-likeness (QED) is 0.170. The molecule has 276 valence electrons. The first-order valence-electron chi connectivity index (χ1n) is 19.4. The molecule has 8 aromatic carbocycles. The van der Waals surface area contributed by atoms with Crippen molar-refractivity contribution in [1.82, 2.24) is 15.0 Å². The van der Waals surface area contributed by atoms with Crippen molar-refractivity contribution in [2.24, 2.45) is 0 Å². The molecule has 3 heterocycles. The first-order chi connectivity index (χ1) is 29.0. The van der Waals surface area contributed by atoms with Crippen LogP contribution in [0.4, 0.5) is 0 Å². The molecule has 7 heteroatoms. The number of rotatable bonds is 6. The van der Waals surface area contributed by atoms with Crippen molar-refractivity contribution >= 4 is 29.8 Å². The molecular formula is C52H32BN3O3. The van der Waals surface area contributed by atoms with E-state index in [1.807, 2.05) is 97.1 Å². The molecule has 0 aliphatic carbocycles. The summed E-state index contributed by atoms with van der Waals surface area (Å²) in [5, 5.41) is 13.1. The molecule has 1 aliphatic rings. The zero-order valence-electron chi connectivity index (χ0n) is 31.6. The van der Waals surface area contributed by atoms with Gasteiger partial charge in [-0.1, -0.05) is 170 Å². The van der Waals surface area contributed by atoms with E-state index in [4.69, 9.17) is 32.0 Å². The van der Waals surface area contributed by atoms with Crippen molar-refractivity contribution in [2.45, 2.75) is 5.69 Å². The van der Waals surface area contributed by atoms with E-state index in [1.165, 1.54) is 0 Å². The Bertz CT molecular complexity index is 3210. The van der Waals surface area contributed by atoms with Gasteiger partial charge in [0.15, 0.2) is 31.0 Å². The van der Waals surface area contributed by atoms with Crippen LogP contribution in [0.5, 0.6) is 5.75 Å². The van der Waals surface area contributed by atoms with Crippen LogP contribution < -0.4 is 4.74 Å². The minimum atomic E-state index is -1.93. The molecule has 0 spiro atoms. The number of ether oxygens (including phenoxy) is 1. The molecule has 0 amide bonds. The number of benzene rings is 8. The van der Waals surface area contributed by atoms with Gasteiger partial charge in [-0.3, -0.25) is 0 Å². The molecule has 1 unspecified atom stereocenters. The second-order valence-electron chi connectivity index (χ2n) is 14.7. The van der Waals surface area contributed by atoms with Gasteiger partial charge in [0.05, 0.1) is 0 Å². The highest BCUT2D eigenvalue weighted by Crippen LogP contribution is 2.48. The van der Waals surface area contributed by atoms with Crippen LogP contribution >= 0.6 is 0 Å². The Labute approximate surface area is 341 Å². The lowest BCUT2D eigenvalue weighted by molar-refractivity contribution is -0.0691. The fraction of sp³-hybridized carbons (Fsp3) is 0.0192. The maximum absolute atomic E-state index is 10.9. The van der Waals surface area contributed by atoms with E-state index in [1.54, 1.807) is 6.07 Å². The Balaban J connectivity index is 1.02. The van der Waals surface area contributed by atoms with E-state index in [0.29, 0.717) is 28.8 Å². The number of hydrogen-bond acceptors (Lipinski definition) is 6. The van der Waals surface area contributed by atoms with Gasteiger partial charge in [-0.25, -0.2) is 15.0 Å². The van der Waals surface area contributed by atoms with Crippen molar-refractivity contribution in [3.05, 3.63) is 194 Å². The van der Waals surface area contributed by atoms with Crippen LogP contribution in [0, 0.1) is 0 Å². The molecular weight excluding hydrogens is 725 g/mol. The molecule has 1 atom stereocenters. The van der Waals surface area contributed by atoms with Gasteiger partial charge in [-0.2, -0.15) is 0 Å². The minimum Gasteiger partial charge on any atom is -0.467 e. The summed E-state index contributed by atoms with van der Waals surface area (Å²) in [6.07, 6.45) is 0. The number of para-hydroxylation sites is 2. The Morgan fingerprint density at radius 2 is 0.949 bits per heavy atom. The van der Waals surface area contributed by atoms with Crippen molar-refractivity contribution in [3.63, 3.8) is 0 Å². The molecule has 0 fully saturated rings. The Kier molecular flexibility index (Phi) is 8.10. The first-order valence-corrected chi connectivity index (χ1v) is 19.4. The zero-order chi connectivity index (χ0) is 39.5. The van der Waals surface area contributed by atoms with E-state index in [-0.39, 0.29) is 0 Å². The lowest BCUT2D eigenvalue weighted by Gasteiger charge is -2.35. The third kappa shape index (κ3) is 6.07. The summed E-state index contributed by atoms with van der Waals surface area (Å²) in [6, 6.07) is 62.8. The average Bonchev–Trinajstić information content (AvgIpc) is 3.68. The molecule has 0 saturated carbocycles. The lowest BCUT2D eigenvalue weighted by atomic mass is 9.78. The Morgan fingerprint density at radius 3 is 1.73 bits per heavy atom. The fourth-order valence-corrected chi connectivity index (χ4v) is 8.18. The van der Waals surface area contributed by atoms with Crippen LogP contribution in [0.2, 0.25) is 0 Å². The maximum Gasteiger partial charge on any atom is 0.182 e. The summed E-state index contributed by atoms with van der Waals surface area (Å²) in [5.41, 5.74) is 10.7. The predicted molar refractivity (Wildman–Crippen MR) is 235 cm³/mol. The highest BCUT2D eigenvalue weighted by atomic mass is 16.6. The lowest BCUT2D eigenvalue weighted by Crippen LogP contribution is -2.36. The van der Waals surface area contributed by atoms with Gasteiger partial charge in [-0.05, 0) is 51.6 Å². The summed E-state index contributed by atoms with van der Waals surface area (Å²) in [4.78, 5) is 15.3. The van der Waals surface area contributed by atoms with E-state index in [0.717, 1.165) is 83.1 Å². The zero-order valence-corrected chi connectivity index (χ0v) is 31.6. The summed E-state index contributed by atoms with van der Waals surface area (Å²) in [7, 11) is 6.20. The molecule has 0 saturated heterocycles. The largest absolute Gasteiger partial charge is 0.467 e. The second kappa shape index (κ2) is 13.8. The van der Waals surface area contributed by atoms with Gasteiger partial charge in [0, 0.05) is 44.2 Å². The molecule has 2 aromatic heterocycles. The number of nitrogens with zero attached hydrogens (tertiary/aromatic N) is 3. The molecule has 1 aliphatic heterocycles. The number of aromatic nitrogens is 3. The topological polar surface area (TPSA) is 81.3 Å². The number of fused-ring (bicyclic) bond motifs is 6. The Hall–Kier alpha value is -7.61. The molecule has 1 N–H and O–H groups in total. The summed E-state index contributed by atoms with van der Waals surface area (Å²) in [5.74, 6) is 2.18. The van der Waals surface area contributed by atoms with E-state index in [9.17, 15) is 5.11 Å². The highest BCUT2D eigenvalue weighted by molar-refractivity contribution is 6.15. The summed E-state index contributed by atoms with van der Waals surface area (Å²) in [6.45, 7) is 0. The van der Waals surface area contributed by atoms with Crippen LogP contribution in [0.15, 0.2) is 192 Å². The summed E-state index contributed by atoms with van der Waals surface area (Å²) >= 11 is 0. The normalized spacial score (nSPS) is 14.5. The molecule has 10 aromatic rings. The van der Waals surface area contributed by atoms with Gasteiger partial charge >= 0.3 is 0 Å². The van der Waals surface area contributed by atoms with E-state index >= 15 is 0 Å². The third-order valence-electron chi connectivity index (χ3n) is 11.0. The van der Waals surface area contributed by atoms with E-state index < -0.39 is 5.69 Å². The van der Waals surface area contributed by atoms with Gasteiger partial charge in [0.2, 0.25) is 0 Å². The van der Waals surface area contributed by atoms with Crippen molar-refractivity contribution in [2.75, 3.05) is 0 Å². The minimum absolute atomic E-state index is 0.511. The van der Waals surface area contributed by atoms with Crippen molar-refractivity contribution in [3.8, 4) is 84.4 Å². The average molecular weight is 758 g/mol. The van der Waals surface area contributed by atoms with Crippen LogP contribution in [0.25, 0.3) is 101 Å². The van der Waals surface area contributed by atoms with E-state index in [2.05, 4.69) is 84.9 Å². The monoisotopic (exact) mass is 757 g/mol. The highest BCUT2D eigenvalue weighted by Gasteiger charge is 2.35. The summed E-state index contributed by atoms with van der Waals surface area (Å²) < 4.78 is 12.3. The first kappa shape index (κ1) is 34.6. The standard InChI is InChI=1S/C52H32BN3O3/c53-52(57)44-20-6-4-16-43(44)47-39(17-10-22-46(47)59-52)34-25-29-36(30-26-34)50-54-49(35-27-23-33(24-28-35)32-11-2-1-3-12-32)55-51(56-50)38-14-8-13-37(31-38)40-18-9-19-42-41-15-5-7-21-45(41)58-48(40)42/h1-31,57H. The number of aliphatic hydroxyl groups is 1. The van der Waals surface area contributed by atoms with Crippen molar-refractivity contribution in [1.29, 1.82) is 0 Å². The number of hydrogen-bond donors (Lipinski definition) is 1. The molecule has 6 nitrogen and oxygen atoms in total. The smallest absolute Gasteiger partial charge is 0.182 e. The predicted octanol–water partition coefficient (Wildman–Crippen LogP) is 12.1. The molecule has 59 heavy (non-hydrogen) atoms. The van der Waals surface area contributed by atoms with Crippen molar-refractivity contribution < 1.29 is 14.3 Å². The van der Waals surface area contributed by atoms with Crippen LogP contribution in [0.3, 0.4) is 0 Å². The van der Waals surface area contributed by atoms with Gasteiger partial charge in [0.25, 0.3) is 0 Å². The second-order valence-corrected chi connectivity index (χ2v) is 14.7. The van der Waals surface area contributed by atoms with Crippen LogP contribution in [-0.2, 0) is 5.69 Å². The molecule has 2 radical (unpaired) electrons. The molecule has 0 bridgehead atoms. The van der Waals surface area contributed by atoms with Crippen LogP contribution in [0.1, 0.15) is 5.56 Å². The maximum atomic E-state index is 10.9. The fourth-order valence-electron chi connectivity index (χ4n) is 8.18. The van der Waals surface area contributed by atoms with Gasteiger partial charge in [-0.15, -0.1) is 0 Å².